The molecule has 1 amide bonds. The molecule has 0 bridgehead atoms. The van der Waals surface area contributed by atoms with Gasteiger partial charge in [0.2, 0.25) is 5.91 Å². The van der Waals surface area contributed by atoms with E-state index >= 15 is 0 Å². The maximum atomic E-state index is 11.7. The minimum absolute atomic E-state index is 0. The first-order valence-electron chi connectivity index (χ1n) is 6.82. The zero-order chi connectivity index (χ0) is 12.3. The van der Waals surface area contributed by atoms with Gasteiger partial charge in [0.15, 0.2) is 0 Å². The van der Waals surface area contributed by atoms with Crippen LogP contribution in [-0.2, 0) is 9.53 Å². The van der Waals surface area contributed by atoms with Crippen molar-refractivity contribution in [1.82, 2.24) is 10.6 Å². The van der Waals surface area contributed by atoms with E-state index in [2.05, 4.69) is 10.6 Å². The SMILES string of the molecule is COCCNCC(=O)NC1CCCCCCC1.Cl. The Morgan fingerprint density at radius 1 is 1.17 bits per heavy atom. The second kappa shape index (κ2) is 11.8. The largest absolute Gasteiger partial charge is 0.383 e. The van der Waals surface area contributed by atoms with Crippen LogP contribution in [0, 0.1) is 0 Å². The van der Waals surface area contributed by atoms with Gasteiger partial charge >= 0.3 is 0 Å². The molecule has 0 aromatic rings. The molecular formula is C13H27ClN2O2. The molecule has 0 aromatic carbocycles. The summed E-state index contributed by atoms with van der Waals surface area (Å²) in [6, 6.07) is 0.395. The van der Waals surface area contributed by atoms with E-state index in [1.807, 2.05) is 0 Å². The van der Waals surface area contributed by atoms with Crippen molar-refractivity contribution in [3.8, 4) is 0 Å². The van der Waals surface area contributed by atoms with E-state index in [1.54, 1.807) is 7.11 Å². The third-order valence-electron chi connectivity index (χ3n) is 3.24. The number of hydrogen-bond acceptors (Lipinski definition) is 3. The summed E-state index contributed by atoms with van der Waals surface area (Å²) in [5.74, 6) is 0.117. The molecule has 1 aliphatic rings. The number of amides is 1. The van der Waals surface area contributed by atoms with Crippen LogP contribution >= 0.6 is 12.4 Å². The molecule has 0 radical (unpaired) electrons. The molecule has 1 rings (SSSR count). The van der Waals surface area contributed by atoms with E-state index < -0.39 is 0 Å². The Morgan fingerprint density at radius 3 is 2.39 bits per heavy atom. The second-order valence-electron chi connectivity index (χ2n) is 4.78. The number of carbonyl (C=O) groups excluding carboxylic acids is 1. The van der Waals surface area contributed by atoms with Crippen molar-refractivity contribution < 1.29 is 9.53 Å². The van der Waals surface area contributed by atoms with Gasteiger partial charge in [0.25, 0.3) is 0 Å². The summed E-state index contributed by atoms with van der Waals surface area (Å²) in [5, 5.41) is 6.19. The van der Waals surface area contributed by atoms with Crippen molar-refractivity contribution in [2.24, 2.45) is 0 Å². The Labute approximate surface area is 117 Å². The van der Waals surface area contributed by atoms with Crippen LogP contribution in [-0.4, -0.2) is 38.8 Å². The number of ether oxygens (including phenoxy) is 1. The molecule has 0 unspecified atom stereocenters. The minimum Gasteiger partial charge on any atom is -0.383 e. The topological polar surface area (TPSA) is 50.4 Å². The fourth-order valence-corrected chi connectivity index (χ4v) is 2.26. The van der Waals surface area contributed by atoms with E-state index in [0.717, 1.165) is 19.4 Å². The van der Waals surface area contributed by atoms with E-state index in [4.69, 9.17) is 4.74 Å². The minimum atomic E-state index is 0. The first-order chi connectivity index (χ1) is 8.33. The normalized spacial score (nSPS) is 17.4. The van der Waals surface area contributed by atoms with Gasteiger partial charge in [-0.15, -0.1) is 12.4 Å². The van der Waals surface area contributed by atoms with Crippen LogP contribution in [0.4, 0.5) is 0 Å². The Bertz CT molecular complexity index is 207. The molecule has 0 atom stereocenters. The Morgan fingerprint density at radius 2 is 1.78 bits per heavy atom. The zero-order valence-corrected chi connectivity index (χ0v) is 12.2. The number of nitrogens with one attached hydrogen (secondary N) is 2. The van der Waals surface area contributed by atoms with Crippen LogP contribution in [0.15, 0.2) is 0 Å². The van der Waals surface area contributed by atoms with E-state index in [1.165, 1.54) is 32.1 Å². The molecule has 0 aromatic heterocycles. The van der Waals surface area contributed by atoms with Crippen molar-refractivity contribution in [2.45, 2.75) is 51.0 Å². The van der Waals surface area contributed by atoms with E-state index in [-0.39, 0.29) is 18.3 Å². The van der Waals surface area contributed by atoms with Gasteiger partial charge in [0, 0.05) is 19.7 Å². The maximum absolute atomic E-state index is 11.7. The van der Waals surface area contributed by atoms with E-state index in [9.17, 15) is 4.79 Å². The zero-order valence-electron chi connectivity index (χ0n) is 11.4. The Kier molecular flexibility index (Phi) is 11.5. The van der Waals surface area contributed by atoms with Gasteiger partial charge in [0.1, 0.15) is 0 Å². The Hall–Kier alpha value is -0.320. The summed E-state index contributed by atoms with van der Waals surface area (Å²) in [5.41, 5.74) is 0. The van der Waals surface area contributed by atoms with Gasteiger partial charge in [-0.05, 0) is 12.8 Å². The van der Waals surface area contributed by atoms with Crippen molar-refractivity contribution in [3.63, 3.8) is 0 Å². The fraction of sp³-hybridized carbons (Fsp3) is 0.923. The first-order valence-corrected chi connectivity index (χ1v) is 6.82. The monoisotopic (exact) mass is 278 g/mol. The van der Waals surface area contributed by atoms with Crippen molar-refractivity contribution in [2.75, 3.05) is 26.8 Å². The molecular weight excluding hydrogens is 252 g/mol. The lowest BCUT2D eigenvalue weighted by atomic mass is 9.97. The highest BCUT2D eigenvalue weighted by molar-refractivity contribution is 5.85. The van der Waals surface area contributed by atoms with Gasteiger partial charge in [-0.2, -0.15) is 0 Å². The molecule has 1 aliphatic carbocycles. The van der Waals surface area contributed by atoms with Crippen LogP contribution in [0.2, 0.25) is 0 Å². The lowest BCUT2D eigenvalue weighted by Gasteiger charge is -2.21. The quantitative estimate of drug-likeness (QED) is 0.730. The van der Waals surface area contributed by atoms with Gasteiger partial charge in [-0.3, -0.25) is 4.79 Å². The van der Waals surface area contributed by atoms with Crippen LogP contribution in [0.1, 0.15) is 44.9 Å². The Balaban J connectivity index is 0.00000289. The highest BCUT2D eigenvalue weighted by Gasteiger charge is 2.13. The molecule has 5 heteroatoms. The van der Waals surface area contributed by atoms with E-state index in [0.29, 0.717) is 19.2 Å². The first kappa shape index (κ1) is 17.7. The van der Waals surface area contributed by atoms with Crippen molar-refractivity contribution in [3.05, 3.63) is 0 Å². The predicted molar refractivity (Wildman–Crippen MR) is 76.2 cm³/mol. The standard InChI is InChI=1S/C13H26N2O2.ClH/c1-17-10-9-14-11-13(16)15-12-7-5-3-2-4-6-8-12;/h12,14H,2-11H2,1H3,(H,15,16);1H. The van der Waals surface area contributed by atoms with Gasteiger partial charge in [-0.25, -0.2) is 0 Å². The average molecular weight is 279 g/mol. The summed E-state index contributed by atoms with van der Waals surface area (Å²) in [6.07, 6.45) is 8.79. The van der Waals surface area contributed by atoms with Crippen LogP contribution in [0.3, 0.4) is 0 Å². The molecule has 18 heavy (non-hydrogen) atoms. The second-order valence-corrected chi connectivity index (χ2v) is 4.78. The van der Waals surface area contributed by atoms with Crippen molar-refractivity contribution >= 4 is 18.3 Å². The third kappa shape index (κ3) is 8.72. The molecule has 1 fully saturated rings. The number of methoxy groups -OCH3 is 1. The maximum Gasteiger partial charge on any atom is 0.234 e. The molecule has 0 spiro atoms. The fourth-order valence-electron chi connectivity index (χ4n) is 2.26. The number of halogens is 1. The summed E-state index contributed by atoms with van der Waals surface area (Å²) in [4.78, 5) is 11.7. The number of rotatable bonds is 6. The highest BCUT2D eigenvalue weighted by Crippen LogP contribution is 2.16. The summed E-state index contributed by atoms with van der Waals surface area (Å²) >= 11 is 0. The molecule has 4 nitrogen and oxygen atoms in total. The summed E-state index contributed by atoms with van der Waals surface area (Å²) in [7, 11) is 1.66. The third-order valence-corrected chi connectivity index (χ3v) is 3.24. The molecule has 0 saturated heterocycles. The molecule has 0 heterocycles. The summed E-state index contributed by atoms with van der Waals surface area (Å²) in [6.45, 7) is 1.78. The molecule has 1 saturated carbocycles. The van der Waals surface area contributed by atoms with Crippen LogP contribution in [0.5, 0.6) is 0 Å². The van der Waals surface area contributed by atoms with Crippen LogP contribution in [0.25, 0.3) is 0 Å². The van der Waals surface area contributed by atoms with Gasteiger partial charge < -0.3 is 15.4 Å². The lowest BCUT2D eigenvalue weighted by Crippen LogP contribution is -2.41. The number of hydrogen-bond donors (Lipinski definition) is 2. The molecule has 0 aliphatic heterocycles. The van der Waals surface area contributed by atoms with Crippen LogP contribution < -0.4 is 10.6 Å². The highest BCUT2D eigenvalue weighted by atomic mass is 35.5. The number of carbonyl (C=O) groups is 1. The van der Waals surface area contributed by atoms with Gasteiger partial charge in [-0.1, -0.05) is 32.1 Å². The predicted octanol–water partition coefficient (Wildman–Crippen LogP) is 1.87. The molecule has 2 N–H and O–H groups in total. The lowest BCUT2D eigenvalue weighted by molar-refractivity contribution is -0.121. The van der Waals surface area contributed by atoms with Gasteiger partial charge in [0.05, 0.1) is 13.2 Å². The van der Waals surface area contributed by atoms with Crippen molar-refractivity contribution in [1.29, 1.82) is 0 Å². The average Bonchev–Trinajstić information content (AvgIpc) is 2.28. The molecule has 108 valence electrons. The smallest absolute Gasteiger partial charge is 0.234 e. The summed E-state index contributed by atoms with van der Waals surface area (Å²) < 4.78 is 4.91.